The van der Waals surface area contributed by atoms with E-state index in [0.29, 0.717) is 16.6 Å². The number of hydrogen-bond donors (Lipinski definition) is 1. The molecule has 1 rings (SSSR count). The number of aryl methyl sites for hydroxylation is 1. The molecular formula is C11H17BrClNO2S2. The van der Waals surface area contributed by atoms with Gasteiger partial charge in [-0.1, -0.05) is 13.8 Å². The maximum atomic E-state index is 12.1. The van der Waals surface area contributed by atoms with Crippen molar-refractivity contribution in [2.45, 2.75) is 31.4 Å². The molecule has 0 saturated carbocycles. The molecule has 1 N–H and O–H groups in total. The third-order valence-electron chi connectivity index (χ3n) is 2.61. The molecule has 0 aliphatic rings. The van der Waals surface area contributed by atoms with Gasteiger partial charge in [-0.05, 0) is 46.3 Å². The summed E-state index contributed by atoms with van der Waals surface area (Å²) in [5.74, 6) is 0.526. The smallest absolute Gasteiger partial charge is 0.210 e. The van der Waals surface area contributed by atoms with E-state index < -0.39 is 10.0 Å². The van der Waals surface area contributed by atoms with Crippen molar-refractivity contribution >= 4 is 48.9 Å². The molecule has 18 heavy (non-hydrogen) atoms. The molecular weight excluding hydrogens is 358 g/mol. The Labute approximate surface area is 126 Å². The molecule has 0 saturated heterocycles. The normalized spacial score (nSPS) is 12.9. The molecule has 0 aromatic carbocycles. The van der Waals surface area contributed by atoms with E-state index in [1.807, 2.05) is 20.8 Å². The molecule has 0 fully saturated rings. The minimum Gasteiger partial charge on any atom is -0.210 e. The highest BCUT2D eigenvalue weighted by atomic mass is 79.9. The van der Waals surface area contributed by atoms with Gasteiger partial charge in [0.05, 0.1) is 3.79 Å². The topological polar surface area (TPSA) is 46.2 Å². The van der Waals surface area contributed by atoms with E-state index in [1.54, 1.807) is 6.07 Å². The van der Waals surface area contributed by atoms with Crippen LogP contribution in [-0.4, -0.2) is 20.8 Å². The Morgan fingerprint density at radius 3 is 2.56 bits per heavy atom. The average Bonchev–Trinajstić information content (AvgIpc) is 2.58. The van der Waals surface area contributed by atoms with Gasteiger partial charge in [-0.25, -0.2) is 13.1 Å². The minimum absolute atomic E-state index is 0.141. The SMILES string of the molecule is Cc1cc(S(=O)(=O)NCC(C)(C)CCCl)sc1Br. The van der Waals surface area contributed by atoms with Crippen LogP contribution >= 0.6 is 38.9 Å². The molecule has 1 heterocycles. The quantitative estimate of drug-likeness (QED) is 0.771. The average molecular weight is 375 g/mol. The van der Waals surface area contributed by atoms with E-state index in [1.165, 1.54) is 11.3 Å². The van der Waals surface area contributed by atoms with Crippen LogP contribution in [0.3, 0.4) is 0 Å². The van der Waals surface area contributed by atoms with Gasteiger partial charge >= 0.3 is 0 Å². The molecule has 1 aromatic heterocycles. The zero-order valence-electron chi connectivity index (χ0n) is 10.6. The van der Waals surface area contributed by atoms with Gasteiger partial charge in [0.2, 0.25) is 10.0 Å². The van der Waals surface area contributed by atoms with Crippen molar-refractivity contribution in [3.8, 4) is 0 Å². The predicted molar refractivity (Wildman–Crippen MR) is 81.1 cm³/mol. The summed E-state index contributed by atoms with van der Waals surface area (Å²) in [6, 6.07) is 1.67. The Hall–Kier alpha value is 0.380. The summed E-state index contributed by atoms with van der Waals surface area (Å²) in [6.45, 7) is 6.24. The van der Waals surface area contributed by atoms with Crippen molar-refractivity contribution in [3.63, 3.8) is 0 Å². The highest BCUT2D eigenvalue weighted by molar-refractivity contribution is 9.11. The number of nitrogens with one attached hydrogen (secondary N) is 1. The fraction of sp³-hybridized carbons (Fsp3) is 0.636. The summed E-state index contributed by atoms with van der Waals surface area (Å²) >= 11 is 10.3. The maximum absolute atomic E-state index is 12.1. The van der Waals surface area contributed by atoms with Crippen molar-refractivity contribution in [3.05, 3.63) is 15.4 Å². The standard InChI is InChI=1S/C11H17BrClNO2S2/c1-8-6-9(17-10(8)12)18(15,16)14-7-11(2,3)4-5-13/h6,14H,4-5,7H2,1-3H3. The van der Waals surface area contributed by atoms with Crippen LogP contribution < -0.4 is 4.72 Å². The first-order valence-corrected chi connectivity index (χ1v) is 9.12. The van der Waals surface area contributed by atoms with Crippen molar-refractivity contribution in [2.75, 3.05) is 12.4 Å². The van der Waals surface area contributed by atoms with Gasteiger partial charge < -0.3 is 0 Å². The lowest BCUT2D eigenvalue weighted by atomic mass is 9.91. The molecule has 0 bridgehead atoms. The van der Waals surface area contributed by atoms with E-state index >= 15 is 0 Å². The Morgan fingerprint density at radius 1 is 1.50 bits per heavy atom. The van der Waals surface area contributed by atoms with Gasteiger partial charge in [-0.15, -0.1) is 22.9 Å². The number of rotatable bonds is 6. The Morgan fingerprint density at radius 2 is 2.11 bits per heavy atom. The molecule has 7 heteroatoms. The molecule has 0 aliphatic carbocycles. The lowest BCUT2D eigenvalue weighted by Gasteiger charge is -2.23. The number of sulfonamides is 1. The van der Waals surface area contributed by atoms with Crippen LogP contribution in [0.5, 0.6) is 0 Å². The van der Waals surface area contributed by atoms with E-state index in [0.717, 1.165) is 15.8 Å². The number of thiophene rings is 1. The van der Waals surface area contributed by atoms with Gasteiger partial charge in [-0.3, -0.25) is 0 Å². The predicted octanol–water partition coefficient (Wildman–Crippen LogP) is 3.75. The first kappa shape index (κ1) is 16.4. The van der Waals surface area contributed by atoms with E-state index in [2.05, 4.69) is 20.7 Å². The summed E-state index contributed by atoms with van der Waals surface area (Å²) < 4.78 is 28.0. The molecule has 0 atom stereocenters. The fourth-order valence-electron chi connectivity index (χ4n) is 1.27. The maximum Gasteiger partial charge on any atom is 0.250 e. The van der Waals surface area contributed by atoms with Crippen LogP contribution in [0.15, 0.2) is 14.1 Å². The molecule has 0 spiro atoms. The molecule has 1 aromatic rings. The molecule has 0 amide bonds. The lowest BCUT2D eigenvalue weighted by Crippen LogP contribution is -2.33. The van der Waals surface area contributed by atoms with Crippen molar-refractivity contribution in [2.24, 2.45) is 5.41 Å². The van der Waals surface area contributed by atoms with Crippen LogP contribution in [0, 0.1) is 12.3 Å². The Bertz CT molecular complexity index is 492. The van der Waals surface area contributed by atoms with Crippen molar-refractivity contribution in [1.82, 2.24) is 4.72 Å². The monoisotopic (exact) mass is 373 g/mol. The fourth-order valence-corrected chi connectivity index (χ4v) is 5.29. The summed E-state index contributed by atoms with van der Waals surface area (Å²) in [4.78, 5) is 0. The highest BCUT2D eigenvalue weighted by Gasteiger charge is 2.23. The third kappa shape index (κ3) is 4.49. The summed E-state index contributed by atoms with van der Waals surface area (Å²) in [6.07, 6.45) is 0.768. The highest BCUT2D eigenvalue weighted by Crippen LogP contribution is 2.30. The van der Waals surface area contributed by atoms with Gasteiger partial charge in [0, 0.05) is 12.4 Å². The molecule has 0 aliphatic heterocycles. The minimum atomic E-state index is -3.42. The lowest BCUT2D eigenvalue weighted by molar-refractivity contribution is 0.352. The second-order valence-electron chi connectivity index (χ2n) is 4.95. The van der Waals surface area contributed by atoms with Gasteiger partial charge in [-0.2, -0.15) is 0 Å². The van der Waals surface area contributed by atoms with Crippen LogP contribution in [0.4, 0.5) is 0 Å². The van der Waals surface area contributed by atoms with Crippen LogP contribution in [-0.2, 0) is 10.0 Å². The first-order valence-electron chi connectivity index (χ1n) is 5.49. The van der Waals surface area contributed by atoms with Crippen LogP contribution in [0.25, 0.3) is 0 Å². The number of hydrogen-bond acceptors (Lipinski definition) is 3. The van der Waals surface area contributed by atoms with Crippen molar-refractivity contribution in [1.29, 1.82) is 0 Å². The van der Waals surface area contributed by atoms with Gasteiger partial charge in [0.25, 0.3) is 0 Å². The van der Waals surface area contributed by atoms with Crippen molar-refractivity contribution < 1.29 is 8.42 Å². The largest absolute Gasteiger partial charge is 0.250 e. The zero-order valence-corrected chi connectivity index (χ0v) is 14.6. The Balaban J connectivity index is 2.77. The molecule has 0 unspecified atom stereocenters. The van der Waals surface area contributed by atoms with E-state index in [-0.39, 0.29) is 5.41 Å². The molecule has 0 radical (unpaired) electrons. The van der Waals surface area contributed by atoms with E-state index in [9.17, 15) is 8.42 Å². The number of halogens is 2. The first-order chi connectivity index (χ1) is 8.18. The van der Waals surface area contributed by atoms with E-state index in [4.69, 9.17) is 11.6 Å². The summed E-state index contributed by atoms with van der Waals surface area (Å²) in [7, 11) is -3.42. The van der Waals surface area contributed by atoms with Crippen LogP contribution in [0.1, 0.15) is 25.8 Å². The second kappa shape index (κ2) is 6.22. The number of alkyl halides is 1. The molecule has 104 valence electrons. The Kier molecular flexibility index (Phi) is 5.68. The third-order valence-corrected chi connectivity index (χ3v) is 6.81. The molecule has 3 nitrogen and oxygen atoms in total. The van der Waals surface area contributed by atoms with Gasteiger partial charge in [0.1, 0.15) is 4.21 Å². The summed E-state index contributed by atoms with van der Waals surface area (Å²) in [5, 5.41) is 0. The zero-order chi connectivity index (χ0) is 14.0. The second-order valence-corrected chi connectivity index (χ2v) is 9.69. The van der Waals surface area contributed by atoms with Crippen LogP contribution in [0.2, 0.25) is 0 Å². The summed E-state index contributed by atoms with van der Waals surface area (Å²) in [5.41, 5.74) is 0.790. The van der Waals surface area contributed by atoms with Gasteiger partial charge in [0.15, 0.2) is 0 Å².